The molecule has 1 aliphatic carbocycles. The minimum Gasteiger partial charge on any atom is -0.395 e. The number of halogens is 3. The lowest BCUT2D eigenvalue weighted by Gasteiger charge is -2.27. The van der Waals surface area contributed by atoms with E-state index in [0.717, 1.165) is 12.8 Å². The van der Waals surface area contributed by atoms with E-state index in [1.165, 1.54) is 12.5 Å². The Balaban J connectivity index is 0.00000162. The average Bonchev–Trinajstić information content (AvgIpc) is 2.22. The lowest BCUT2D eigenvalue weighted by atomic mass is 9.93. The standard InChI is InChI=1S/C12H16BrFN2O.ClH/c13-9-4-7(5-10(14)12(9)15)11(17)6-16-8-2-1-3-8;/h4-5,8,11,16-17H,1-3,6,15H2;1H. The molecule has 0 saturated heterocycles. The van der Waals surface area contributed by atoms with Gasteiger partial charge in [0.15, 0.2) is 0 Å². The SMILES string of the molecule is Cl.Nc1c(F)cc(C(O)CNC2CCC2)cc1Br. The second kappa shape index (κ2) is 6.70. The molecule has 2 rings (SSSR count). The van der Waals surface area contributed by atoms with Crippen LogP contribution in [0, 0.1) is 5.82 Å². The summed E-state index contributed by atoms with van der Waals surface area (Å²) in [5.74, 6) is -0.503. The van der Waals surface area contributed by atoms with Crippen LogP contribution in [0.1, 0.15) is 30.9 Å². The third-order valence-electron chi connectivity index (χ3n) is 3.19. The van der Waals surface area contributed by atoms with Crippen molar-refractivity contribution in [3.8, 4) is 0 Å². The maximum absolute atomic E-state index is 13.4. The minimum atomic E-state index is -0.706. The zero-order valence-corrected chi connectivity index (χ0v) is 12.2. The Hall–Kier alpha value is -0.360. The van der Waals surface area contributed by atoms with Crippen LogP contribution in [0.5, 0.6) is 0 Å². The van der Waals surface area contributed by atoms with E-state index in [1.54, 1.807) is 6.07 Å². The number of aliphatic hydroxyl groups excluding tert-OH is 1. The molecule has 0 aromatic heterocycles. The van der Waals surface area contributed by atoms with E-state index in [0.29, 0.717) is 22.6 Å². The van der Waals surface area contributed by atoms with Crippen molar-refractivity contribution in [2.45, 2.75) is 31.4 Å². The molecule has 0 aliphatic heterocycles. The third-order valence-corrected chi connectivity index (χ3v) is 3.85. The smallest absolute Gasteiger partial charge is 0.147 e. The molecule has 0 amide bonds. The summed E-state index contributed by atoms with van der Waals surface area (Å²) in [7, 11) is 0. The zero-order chi connectivity index (χ0) is 12.4. The highest BCUT2D eigenvalue weighted by molar-refractivity contribution is 9.10. The van der Waals surface area contributed by atoms with Crippen molar-refractivity contribution < 1.29 is 9.50 Å². The lowest BCUT2D eigenvalue weighted by Crippen LogP contribution is -2.37. The summed E-state index contributed by atoms with van der Waals surface area (Å²) in [6.45, 7) is 0.445. The summed E-state index contributed by atoms with van der Waals surface area (Å²) in [5, 5.41) is 13.2. The van der Waals surface area contributed by atoms with Gasteiger partial charge in [-0.05, 0) is 46.5 Å². The van der Waals surface area contributed by atoms with E-state index < -0.39 is 11.9 Å². The van der Waals surface area contributed by atoms with Gasteiger partial charge in [-0.1, -0.05) is 6.42 Å². The van der Waals surface area contributed by atoms with Crippen molar-refractivity contribution in [2.24, 2.45) is 0 Å². The normalized spacial score (nSPS) is 16.8. The first-order valence-corrected chi connectivity index (χ1v) is 6.53. The van der Waals surface area contributed by atoms with Gasteiger partial charge in [0.05, 0.1) is 11.8 Å². The molecule has 1 aromatic carbocycles. The molecule has 0 heterocycles. The van der Waals surface area contributed by atoms with Gasteiger partial charge in [-0.25, -0.2) is 4.39 Å². The quantitative estimate of drug-likeness (QED) is 0.739. The van der Waals surface area contributed by atoms with Crippen molar-refractivity contribution in [1.82, 2.24) is 5.32 Å². The van der Waals surface area contributed by atoms with Gasteiger partial charge in [0, 0.05) is 17.1 Å². The molecule has 1 aromatic rings. The first kappa shape index (κ1) is 15.7. The van der Waals surface area contributed by atoms with E-state index in [4.69, 9.17) is 5.73 Å². The fourth-order valence-electron chi connectivity index (χ4n) is 1.80. The van der Waals surface area contributed by atoms with Gasteiger partial charge in [0.2, 0.25) is 0 Å². The Morgan fingerprint density at radius 2 is 2.17 bits per heavy atom. The summed E-state index contributed by atoms with van der Waals surface area (Å²) in [6.07, 6.45) is 2.86. The highest BCUT2D eigenvalue weighted by atomic mass is 79.9. The summed E-state index contributed by atoms with van der Waals surface area (Å²) >= 11 is 3.17. The fourth-order valence-corrected chi connectivity index (χ4v) is 2.26. The van der Waals surface area contributed by atoms with E-state index in [9.17, 15) is 9.50 Å². The van der Waals surface area contributed by atoms with Gasteiger partial charge in [-0.3, -0.25) is 0 Å². The largest absolute Gasteiger partial charge is 0.395 e. The van der Waals surface area contributed by atoms with E-state index in [2.05, 4.69) is 21.2 Å². The van der Waals surface area contributed by atoms with Crippen LogP contribution in [0.2, 0.25) is 0 Å². The van der Waals surface area contributed by atoms with E-state index >= 15 is 0 Å². The van der Waals surface area contributed by atoms with Gasteiger partial charge in [0.25, 0.3) is 0 Å². The Morgan fingerprint density at radius 1 is 1.50 bits per heavy atom. The van der Waals surface area contributed by atoms with Crippen molar-refractivity contribution in [1.29, 1.82) is 0 Å². The summed E-state index contributed by atoms with van der Waals surface area (Å²) in [6, 6.07) is 3.45. The Labute approximate surface area is 120 Å². The van der Waals surface area contributed by atoms with Crippen molar-refractivity contribution in [3.05, 3.63) is 28.0 Å². The van der Waals surface area contributed by atoms with Gasteiger partial charge in [-0.15, -0.1) is 12.4 Å². The lowest BCUT2D eigenvalue weighted by molar-refractivity contribution is 0.161. The van der Waals surface area contributed by atoms with E-state index in [-0.39, 0.29) is 18.1 Å². The van der Waals surface area contributed by atoms with Gasteiger partial charge < -0.3 is 16.2 Å². The monoisotopic (exact) mass is 338 g/mol. The molecule has 18 heavy (non-hydrogen) atoms. The van der Waals surface area contributed by atoms with Gasteiger partial charge in [0.1, 0.15) is 5.82 Å². The van der Waals surface area contributed by atoms with Crippen LogP contribution in [0.25, 0.3) is 0 Å². The zero-order valence-electron chi connectivity index (χ0n) is 9.83. The van der Waals surface area contributed by atoms with Crippen LogP contribution in [0.3, 0.4) is 0 Å². The predicted molar refractivity (Wildman–Crippen MR) is 76.4 cm³/mol. The summed E-state index contributed by atoms with van der Waals surface area (Å²) in [4.78, 5) is 0. The third kappa shape index (κ3) is 3.57. The van der Waals surface area contributed by atoms with Crippen LogP contribution in [0.4, 0.5) is 10.1 Å². The number of aliphatic hydroxyl groups is 1. The van der Waals surface area contributed by atoms with Gasteiger partial charge in [-0.2, -0.15) is 0 Å². The van der Waals surface area contributed by atoms with Gasteiger partial charge >= 0.3 is 0 Å². The molecule has 6 heteroatoms. The van der Waals surface area contributed by atoms with Crippen molar-refractivity contribution in [3.63, 3.8) is 0 Å². The fraction of sp³-hybridized carbons (Fsp3) is 0.500. The Morgan fingerprint density at radius 3 is 2.67 bits per heavy atom. The van der Waals surface area contributed by atoms with Crippen LogP contribution >= 0.6 is 28.3 Å². The molecule has 1 aliphatic rings. The minimum absolute atomic E-state index is 0. The van der Waals surface area contributed by atoms with Crippen molar-refractivity contribution >= 4 is 34.0 Å². The molecule has 1 atom stereocenters. The number of hydrogen-bond acceptors (Lipinski definition) is 3. The molecule has 1 fully saturated rings. The summed E-state index contributed by atoms with van der Waals surface area (Å²) < 4.78 is 13.9. The topological polar surface area (TPSA) is 58.3 Å². The van der Waals surface area contributed by atoms with Crippen LogP contribution < -0.4 is 11.1 Å². The molecule has 1 unspecified atom stereocenters. The van der Waals surface area contributed by atoms with Crippen LogP contribution in [-0.4, -0.2) is 17.7 Å². The number of anilines is 1. The maximum atomic E-state index is 13.4. The molecule has 3 nitrogen and oxygen atoms in total. The molecule has 0 bridgehead atoms. The maximum Gasteiger partial charge on any atom is 0.147 e. The van der Waals surface area contributed by atoms with Crippen molar-refractivity contribution in [2.75, 3.05) is 12.3 Å². The molecule has 0 spiro atoms. The number of benzene rings is 1. The first-order valence-electron chi connectivity index (χ1n) is 5.74. The molecule has 1 saturated carbocycles. The van der Waals surface area contributed by atoms with E-state index in [1.807, 2.05) is 0 Å². The molecule has 0 radical (unpaired) electrons. The Bertz CT molecular complexity index is 392. The second-order valence-electron chi connectivity index (χ2n) is 4.45. The Kier molecular flexibility index (Phi) is 5.85. The second-order valence-corrected chi connectivity index (χ2v) is 5.30. The molecule has 4 N–H and O–H groups in total. The predicted octanol–water partition coefficient (Wildman–Crippen LogP) is 2.77. The van der Waals surface area contributed by atoms with Crippen LogP contribution in [0.15, 0.2) is 16.6 Å². The summed E-state index contributed by atoms with van der Waals surface area (Å²) in [5.41, 5.74) is 6.10. The number of nitrogens with two attached hydrogens (primary N) is 1. The highest BCUT2D eigenvalue weighted by Gasteiger charge is 2.19. The van der Waals surface area contributed by atoms with Crippen LogP contribution in [-0.2, 0) is 0 Å². The molecular formula is C12H17BrClFN2O. The number of nitrogen functional groups attached to an aromatic ring is 1. The highest BCUT2D eigenvalue weighted by Crippen LogP contribution is 2.27. The molecule has 102 valence electrons. The average molecular weight is 340 g/mol. The molecular weight excluding hydrogens is 322 g/mol. The number of nitrogens with one attached hydrogen (secondary N) is 1. The number of hydrogen-bond donors (Lipinski definition) is 3. The number of rotatable bonds is 4. The first-order chi connectivity index (χ1) is 8.08.